The number of nitrogens with zero attached hydrogens (tertiary/aromatic N) is 2. The quantitative estimate of drug-likeness (QED) is 0.897. The number of allylic oxidation sites excluding steroid dienone is 1. The van der Waals surface area contributed by atoms with Gasteiger partial charge in [0.2, 0.25) is 0 Å². The zero-order chi connectivity index (χ0) is 17.6. The second-order valence-electron chi connectivity index (χ2n) is 6.26. The maximum atomic E-state index is 11.4. The summed E-state index contributed by atoms with van der Waals surface area (Å²) in [6.45, 7) is 11.4. The van der Waals surface area contributed by atoms with E-state index < -0.39 is 0 Å². The summed E-state index contributed by atoms with van der Waals surface area (Å²) < 4.78 is 7.71. The Morgan fingerprint density at radius 3 is 2.96 bits per heavy atom. The number of hydrogen-bond acceptors (Lipinski definition) is 3. The standard InChI is InChI=1S/C17H23N3O2.C2H6/c1-3-6-14-15(4-2)20(12-19-14)10-13-7-5-8-17(9-13)11-18-16(21)22-17;1-2/h3-4,6,12-13H,2,5,7-11H2,1H3,(H,18,21);1-2H3/b6-3-;/t13?,17-;/m0./s1. The number of ether oxygens (including phenoxy) is 1. The van der Waals surface area contributed by atoms with Gasteiger partial charge in [-0.15, -0.1) is 0 Å². The first-order valence-corrected chi connectivity index (χ1v) is 8.93. The second-order valence-corrected chi connectivity index (χ2v) is 6.26. The molecule has 1 spiro atoms. The number of nitrogens with one attached hydrogen (secondary N) is 1. The molecular weight excluding hydrogens is 302 g/mol. The molecule has 2 heterocycles. The normalized spacial score (nSPS) is 26.0. The Morgan fingerprint density at radius 2 is 2.33 bits per heavy atom. The highest BCUT2D eigenvalue weighted by Crippen LogP contribution is 2.38. The molecule has 5 heteroatoms. The highest BCUT2D eigenvalue weighted by atomic mass is 16.6. The molecule has 1 aromatic heterocycles. The molecule has 0 radical (unpaired) electrons. The van der Waals surface area contributed by atoms with Crippen molar-refractivity contribution < 1.29 is 9.53 Å². The molecule has 1 saturated carbocycles. The average Bonchev–Trinajstić information content (AvgIpc) is 3.13. The highest BCUT2D eigenvalue weighted by Gasteiger charge is 2.44. The first-order valence-electron chi connectivity index (χ1n) is 8.93. The maximum absolute atomic E-state index is 11.4. The Hall–Kier alpha value is -2.04. The fraction of sp³-hybridized carbons (Fsp3) is 0.579. The van der Waals surface area contributed by atoms with Crippen LogP contribution in [0.1, 0.15) is 57.8 Å². The van der Waals surface area contributed by atoms with E-state index >= 15 is 0 Å². The highest BCUT2D eigenvalue weighted by molar-refractivity contribution is 5.70. The third-order valence-corrected chi connectivity index (χ3v) is 4.65. The summed E-state index contributed by atoms with van der Waals surface area (Å²) in [5.41, 5.74) is 1.72. The Morgan fingerprint density at radius 1 is 1.54 bits per heavy atom. The lowest BCUT2D eigenvalue weighted by molar-refractivity contribution is 0.00414. The van der Waals surface area contributed by atoms with Gasteiger partial charge in [0.25, 0.3) is 0 Å². The van der Waals surface area contributed by atoms with Gasteiger partial charge in [-0.1, -0.05) is 26.5 Å². The van der Waals surface area contributed by atoms with E-state index in [1.807, 2.05) is 45.3 Å². The van der Waals surface area contributed by atoms with Gasteiger partial charge >= 0.3 is 6.09 Å². The summed E-state index contributed by atoms with van der Waals surface area (Å²) in [5, 5.41) is 2.80. The van der Waals surface area contributed by atoms with Crippen LogP contribution in [0.2, 0.25) is 0 Å². The van der Waals surface area contributed by atoms with Crippen LogP contribution in [-0.2, 0) is 11.3 Å². The number of carbonyl (C=O) groups excluding carboxylic acids is 1. The van der Waals surface area contributed by atoms with Crippen LogP contribution in [0.5, 0.6) is 0 Å². The predicted molar refractivity (Wildman–Crippen MR) is 97.5 cm³/mol. The van der Waals surface area contributed by atoms with Crippen molar-refractivity contribution in [1.82, 2.24) is 14.9 Å². The van der Waals surface area contributed by atoms with Crippen molar-refractivity contribution in [2.24, 2.45) is 5.92 Å². The van der Waals surface area contributed by atoms with Crippen molar-refractivity contribution in [1.29, 1.82) is 0 Å². The first kappa shape index (κ1) is 18.3. The molecule has 2 atom stereocenters. The number of alkyl carbamates (subject to hydrolysis) is 1. The zero-order valence-electron chi connectivity index (χ0n) is 15.0. The molecule has 5 nitrogen and oxygen atoms in total. The first-order chi connectivity index (χ1) is 11.7. The number of aromatic nitrogens is 2. The van der Waals surface area contributed by atoms with Gasteiger partial charge in [-0.25, -0.2) is 9.78 Å². The third-order valence-electron chi connectivity index (χ3n) is 4.65. The summed E-state index contributed by atoms with van der Waals surface area (Å²) in [6, 6.07) is 0. The Kier molecular flexibility index (Phi) is 6.23. The number of hydrogen-bond donors (Lipinski definition) is 1. The molecule has 1 N–H and O–H groups in total. The van der Waals surface area contributed by atoms with Gasteiger partial charge in [-0.2, -0.15) is 0 Å². The number of imidazole rings is 1. The lowest BCUT2D eigenvalue weighted by atomic mass is 9.78. The van der Waals surface area contributed by atoms with E-state index in [0.717, 1.165) is 43.6 Å². The molecular formula is C19H29N3O2. The van der Waals surface area contributed by atoms with Crippen molar-refractivity contribution in [2.75, 3.05) is 6.54 Å². The van der Waals surface area contributed by atoms with Crippen molar-refractivity contribution in [3.63, 3.8) is 0 Å². The summed E-state index contributed by atoms with van der Waals surface area (Å²) >= 11 is 0. The van der Waals surface area contributed by atoms with Crippen LogP contribution in [0.3, 0.4) is 0 Å². The van der Waals surface area contributed by atoms with Crippen molar-refractivity contribution in [3.8, 4) is 0 Å². The smallest absolute Gasteiger partial charge is 0.407 e. The van der Waals surface area contributed by atoms with E-state index in [9.17, 15) is 4.79 Å². The Bertz CT molecular complexity index is 606. The van der Waals surface area contributed by atoms with Gasteiger partial charge in [0.1, 0.15) is 5.60 Å². The minimum absolute atomic E-state index is 0.273. The molecule has 3 rings (SSSR count). The monoisotopic (exact) mass is 331 g/mol. The maximum Gasteiger partial charge on any atom is 0.407 e. The molecule has 0 bridgehead atoms. The summed E-state index contributed by atoms with van der Waals surface area (Å²) in [7, 11) is 0. The Labute approximate surface area is 144 Å². The number of rotatable bonds is 4. The van der Waals surface area contributed by atoms with E-state index in [4.69, 9.17) is 4.74 Å². The zero-order valence-corrected chi connectivity index (χ0v) is 15.0. The van der Waals surface area contributed by atoms with Gasteiger partial charge < -0.3 is 14.6 Å². The lowest BCUT2D eigenvalue weighted by Gasteiger charge is -2.35. The SMILES string of the molecule is C=Cc1c(/C=C\C)ncn1CC1CCC[C@@]2(CNC(=O)O2)C1.CC. The summed E-state index contributed by atoms with van der Waals surface area (Å²) in [5.74, 6) is 0.493. The van der Waals surface area contributed by atoms with E-state index in [2.05, 4.69) is 21.4 Å². The van der Waals surface area contributed by atoms with Crippen LogP contribution < -0.4 is 5.32 Å². The third kappa shape index (κ3) is 3.89. The van der Waals surface area contributed by atoms with Gasteiger partial charge in [-0.05, 0) is 50.7 Å². The molecule has 1 aliphatic carbocycles. The number of amides is 1. The molecule has 0 aromatic carbocycles. The van der Waals surface area contributed by atoms with Crippen LogP contribution >= 0.6 is 0 Å². The molecule has 1 amide bonds. The minimum Gasteiger partial charge on any atom is -0.441 e. The van der Waals surface area contributed by atoms with Crippen LogP contribution in [0.4, 0.5) is 4.79 Å². The topological polar surface area (TPSA) is 56.2 Å². The molecule has 1 unspecified atom stereocenters. The van der Waals surface area contributed by atoms with Gasteiger partial charge in [0.15, 0.2) is 0 Å². The minimum atomic E-state index is -0.291. The van der Waals surface area contributed by atoms with E-state index in [1.165, 1.54) is 0 Å². The molecule has 132 valence electrons. The van der Waals surface area contributed by atoms with Gasteiger partial charge in [0.05, 0.1) is 24.3 Å². The molecule has 1 aromatic rings. The largest absolute Gasteiger partial charge is 0.441 e. The molecule has 1 aliphatic heterocycles. The fourth-order valence-corrected chi connectivity index (χ4v) is 3.69. The molecule has 24 heavy (non-hydrogen) atoms. The van der Waals surface area contributed by atoms with Crippen LogP contribution in [-0.4, -0.2) is 27.8 Å². The summed E-state index contributed by atoms with van der Waals surface area (Å²) in [6.07, 6.45) is 11.6. The van der Waals surface area contributed by atoms with Crippen LogP contribution in [0.25, 0.3) is 12.2 Å². The van der Waals surface area contributed by atoms with Gasteiger partial charge in [-0.3, -0.25) is 0 Å². The summed E-state index contributed by atoms with van der Waals surface area (Å²) in [4.78, 5) is 15.8. The van der Waals surface area contributed by atoms with E-state index in [-0.39, 0.29) is 11.7 Å². The van der Waals surface area contributed by atoms with E-state index in [1.54, 1.807) is 0 Å². The fourth-order valence-electron chi connectivity index (χ4n) is 3.69. The van der Waals surface area contributed by atoms with Crippen molar-refractivity contribution in [3.05, 3.63) is 30.4 Å². The average molecular weight is 331 g/mol. The Balaban J connectivity index is 0.00000100. The lowest BCUT2D eigenvalue weighted by Crippen LogP contribution is -2.39. The van der Waals surface area contributed by atoms with Crippen molar-refractivity contribution >= 4 is 18.2 Å². The van der Waals surface area contributed by atoms with Crippen LogP contribution in [0, 0.1) is 5.92 Å². The van der Waals surface area contributed by atoms with Crippen molar-refractivity contribution in [2.45, 2.75) is 58.6 Å². The molecule has 2 aliphatic rings. The predicted octanol–water partition coefficient (Wildman–Crippen LogP) is 4.25. The number of carbonyl (C=O) groups is 1. The second kappa shape index (κ2) is 8.18. The molecule has 2 fully saturated rings. The van der Waals surface area contributed by atoms with Gasteiger partial charge in [0, 0.05) is 6.54 Å². The van der Waals surface area contributed by atoms with Crippen LogP contribution in [0.15, 0.2) is 19.0 Å². The van der Waals surface area contributed by atoms with E-state index in [0.29, 0.717) is 12.5 Å². The molecule has 1 saturated heterocycles.